The van der Waals surface area contributed by atoms with E-state index in [4.69, 9.17) is 9.47 Å². The maximum atomic E-state index is 14.8. The molecular weight excluding hydrogens is 555 g/mol. The number of benzene rings is 3. The van der Waals surface area contributed by atoms with Crippen molar-refractivity contribution in [1.29, 1.82) is 0 Å². The molecule has 0 amide bonds. The average molecular weight is 578 g/mol. The largest absolute Gasteiger partial charge is 0.486 e. The van der Waals surface area contributed by atoms with E-state index < -0.39 is 70.5 Å². The molecule has 216 valence electrons. The van der Waals surface area contributed by atoms with Crippen LogP contribution >= 0.6 is 0 Å². The van der Waals surface area contributed by atoms with Crippen LogP contribution < -0.4 is 9.47 Å². The molecule has 2 unspecified atom stereocenters. The summed E-state index contributed by atoms with van der Waals surface area (Å²) < 4.78 is 142. The van der Waals surface area contributed by atoms with Gasteiger partial charge in [0.25, 0.3) is 0 Å². The Morgan fingerprint density at radius 3 is 2.15 bits per heavy atom. The van der Waals surface area contributed by atoms with Crippen LogP contribution in [0.5, 0.6) is 11.5 Å². The maximum absolute atomic E-state index is 14.8. The lowest BCUT2D eigenvalue weighted by molar-refractivity contribution is -0.188. The van der Waals surface area contributed by atoms with Crippen LogP contribution in [0.25, 0.3) is 0 Å². The van der Waals surface area contributed by atoms with Crippen molar-refractivity contribution in [3.05, 3.63) is 93.8 Å². The summed E-state index contributed by atoms with van der Waals surface area (Å²) in [4.78, 5) is 0. The lowest BCUT2D eigenvalue weighted by atomic mass is 9.89. The molecule has 1 fully saturated rings. The van der Waals surface area contributed by atoms with Crippen LogP contribution in [0.4, 0.5) is 39.5 Å². The smallest absolute Gasteiger partial charge is 0.429 e. The topological polar surface area (TPSA) is 27.7 Å². The number of rotatable bonds is 9. The second-order valence-electron chi connectivity index (χ2n) is 9.31. The van der Waals surface area contributed by atoms with Crippen LogP contribution in [-0.2, 0) is 17.5 Å². The molecule has 0 spiro atoms. The Labute approximate surface area is 223 Å². The first-order valence-corrected chi connectivity index (χ1v) is 12.3. The molecule has 1 saturated heterocycles. The van der Waals surface area contributed by atoms with E-state index >= 15 is 0 Å². The zero-order valence-corrected chi connectivity index (χ0v) is 21.0. The second-order valence-corrected chi connectivity index (χ2v) is 9.31. The summed E-state index contributed by atoms with van der Waals surface area (Å²) in [5.74, 6) is -14.5. The summed E-state index contributed by atoms with van der Waals surface area (Å²) in [7, 11) is 0. The Bertz CT molecular complexity index is 1350. The molecule has 0 saturated carbocycles. The third-order valence-electron chi connectivity index (χ3n) is 6.56. The minimum Gasteiger partial charge on any atom is -0.486 e. The average Bonchev–Trinajstić information content (AvgIpc) is 2.90. The van der Waals surface area contributed by atoms with Crippen molar-refractivity contribution in [2.75, 3.05) is 6.61 Å². The SMILES string of the molecule is CCCC1CCC(c2ccc(COc3ccc(C(F)(F)Oc4cc(F)c(F)c(F)c4)c(F)c3F)c(F)c2F)CO1. The van der Waals surface area contributed by atoms with E-state index in [2.05, 4.69) is 4.74 Å². The van der Waals surface area contributed by atoms with Gasteiger partial charge in [0.2, 0.25) is 5.82 Å². The summed E-state index contributed by atoms with van der Waals surface area (Å²) in [5.41, 5.74) is -1.89. The molecule has 0 aromatic heterocycles. The van der Waals surface area contributed by atoms with E-state index in [1.54, 1.807) is 0 Å². The van der Waals surface area contributed by atoms with Crippen molar-refractivity contribution in [3.8, 4) is 11.5 Å². The Balaban J connectivity index is 1.46. The van der Waals surface area contributed by atoms with E-state index in [0.29, 0.717) is 25.0 Å². The third kappa shape index (κ3) is 6.16. The van der Waals surface area contributed by atoms with Crippen molar-refractivity contribution in [2.24, 2.45) is 0 Å². The van der Waals surface area contributed by atoms with Gasteiger partial charge in [-0.05, 0) is 37.0 Å². The lowest BCUT2D eigenvalue weighted by Gasteiger charge is -2.29. The maximum Gasteiger partial charge on any atom is 0.429 e. The van der Waals surface area contributed by atoms with Gasteiger partial charge >= 0.3 is 6.11 Å². The molecule has 0 aliphatic carbocycles. The number of hydrogen-bond acceptors (Lipinski definition) is 3. The molecule has 3 nitrogen and oxygen atoms in total. The van der Waals surface area contributed by atoms with Gasteiger partial charge in [-0.25, -0.2) is 26.3 Å². The summed E-state index contributed by atoms with van der Waals surface area (Å²) in [6, 6.07) is 3.73. The highest BCUT2D eigenvalue weighted by Crippen LogP contribution is 2.37. The highest BCUT2D eigenvalue weighted by atomic mass is 19.3. The Morgan fingerprint density at radius 1 is 0.825 bits per heavy atom. The molecule has 3 aromatic rings. The molecule has 12 heteroatoms. The molecule has 1 aliphatic rings. The van der Waals surface area contributed by atoms with Gasteiger partial charge in [-0.2, -0.15) is 13.2 Å². The molecule has 3 aromatic carbocycles. The molecule has 40 heavy (non-hydrogen) atoms. The number of alkyl halides is 2. The molecule has 1 aliphatic heterocycles. The Morgan fingerprint density at radius 2 is 1.52 bits per heavy atom. The highest BCUT2D eigenvalue weighted by molar-refractivity contribution is 5.35. The van der Waals surface area contributed by atoms with Crippen LogP contribution in [0.3, 0.4) is 0 Å². The van der Waals surface area contributed by atoms with E-state index in [0.717, 1.165) is 12.8 Å². The predicted molar refractivity (Wildman–Crippen MR) is 125 cm³/mol. The van der Waals surface area contributed by atoms with Crippen LogP contribution in [0.1, 0.15) is 55.2 Å². The van der Waals surface area contributed by atoms with Crippen molar-refractivity contribution < 1.29 is 53.7 Å². The van der Waals surface area contributed by atoms with E-state index in [1.807, 2.05) is 6.92 Å². The lowest BCUT2D eigenvalue weighted by Crippen LogP contribution is -2.25. The molecule has 4 rings (SSSR count). The minimum absolute atomic E-state index is 0.0731. The van der Waals surface area contributed by atoms with Crippen molar-refractivity contribution in [1.82, 2.24) is 0 Å². The van der Waals surface area contributed by atoms with Crippen LogP contribution in [0, 0.1) is 40.7 Å². The molecule has 1 heterocycles. The third-order valence-corrected chi connectivity index (χ3v) is 6.56. The van der Waals surface area contributed by atoms with E-state index in [1.165, 1.54) is 12.1 Å². The van der Waals surface area contributed by atoms with E-state index in [-0.39, 0.29) is 41.9 Å². The van der Waals surface area contributed by atoms with E-state index in [9.17, 15) is 39.5 Å². The van der Waals surface area contributed by atoms with Gasteiger partial charge in [-0.1, -0.05) is 25.5 Å². The zero-order valence-electron chi connectivity index (χ0n) is 21.0. The van der Waals surface area contributed by atoms with Crippen LogP contribution in [0.15, 0.2) is 36.4 Å². The normalized spacial score (nSPS) is 17.6. The quantitative estimate of drug-likeness (QED) is 0.189. The van der Waals surface area contributed by atoms with Crippen molar-refractivity contribution >= 4 is 0 Å². The fraction of sp³-hybridized carbons (Fsp3) is 0.357. The number of halogens is 9. The Kier molecular flexibility index (Phi) is 8.86. The molecule has 0 radical (unpaired) electrons. The van der Waals surface area contributed by atoms with Crippen molar-refractivity contribution in [3.63, 3.8) is 0 Å². The van der Waals surface area contributed by atoms with Crippen molar-refractivity contribution in [2.45, 2.75) is 57.3 Å². The zero-order chi connectivity index (χ0) is 29.2. The summed E-state index contributed by atoms with van der Waals surface area (Å²) in [6.07, 6.45) is -1.46. The molecule has 2 atom stereocenters. The molecule has 0 N–H and O–H groups in total. The Hall–Kier alpha value is -3.41. The first kappa shape index (κ1) is 29.6. The van der Waals surface area contributed by atoms with Gasteiger partial charge in [-0.15, -0.1) is 0 Å². The van der Waals surface area contributed by atoms with Gasteiger partial charge in [0.05, 0.1) is 12.7 Å². The van der Waals surface area contributed by atoms with Gasteiger partial charge in [0, 0.05) is 23.6 Å². The second kappa shape index (κ2) is 12.0. The first-order valence-electron chi connectivity index (χ1n) is 12.3. The summed E-state index contributed by atoms with van der Waals surface area (Å²) >= 11 is 0. The van der Waals surface area contributed by atoms with Gasteiger partial charge in [-0.3, -0.25) is 0 Å². The summed E-state index contributed by atoms with van der Waals surface area (Å²) in [6.45, 7) is 1.49. The van der Waals surface area contributed by atoms with Crippen LogP contribution in [0.2, 0.25) is 0 Å². The monoisotopic (exact) mass is 578 g/mol. The minimum atomic E-state index is -4.65. The number of ether oxygens (including phenoxy) is 3. The standard InChI is InChI=1S/C28H23F9O3/c1-2-3-16-6-4-14(12-38-16)18-7-5-15(23(31)24(18)32)13-39-22-9-8-19(25(33)27(22)35)28(36,37)40-17-10-20(29)26(34)21(30)11-17/h5,7-11,14,16H,2-4,6,12-13H2,1H3. The fourth-order valence-corrected chi connectivity index (χ4v) is 4.45. The summed E-state index contributed by atoms with van der Waals surface area (Å²) in [5, 5.41) is 0. The highest BCUT2D eigenvalue weighted by Gasteiger charge is 2.40. The van der Waals surface area contributed by atoms with Gasteiger partial charge in [0.15, 0.2) is 40.7 Å². The molecular formula is C28H23F9O3. The predicted octanol–water partition coefficient (Wildman–Crippen LogP) is 8.43. The molecule has 0 bridgehead atoms. The first-order chi connectivity index (χ1) is 18.9. The number of hydrogen-bond donors (Lipinski definition) is 0. The van der Waals surface area contributed by atoms with Gasteiger partial charge in [0.1, 0.15) is 17.9 Å². The van der Waals surface area contributed by atoms with Crippen LogP contribution in [-0.4, -0.2) is 12.7 Å². The fourth-order valence-electron chi connectivity index (χ4n) is 4.45. The van der Waals surface area contributed by atoms with Gasteiger partial charge < -0.3 is 14.2 Å².